The van der Waals surface area contributed by atoms with Gasteiger partial charge in [-0.15, -0.1) is 0 Å². The van der Waals surface area contributed by atoms with Crippen molar-refractivity contribution in [1.29, 1.82) is 0 Å². The molecule has 1 aliphatic rings. The zero-order valence-corrected chi connectivity index (χ0v) is 16.4. The number of rotatable bonds is 2. The van der Waals surface area contributed by atoms with Gasteiger partial charge in [0.15, 0.2) is 12.2 Å². The Labute approximate surface area is 168 Å². The Morgan fingerprint density at radius 3 is 2.72 bits per heavy atom. The number of fused-ring (bicyclic) bond motifs is 1. The molecular weight excluding hydrogens is 371 g/mol. The van der Waals surface area contributed by atoms with Crippen LogP contribution in [0, 0.1) is 6.07 Å². The molecule has 6 nitrogen and oxygen atoms in total. The van der Waals surface area contributed by atoms with Gasteiger partial charge in [-0.05, 0) is 38.1 Å². The normalized spacial score (nSPS) is 19.5. The summed E-state index contributed by atoms with van der Waals surface area (Å²) in [6.07, 6.45) is 0.363. The number of H-pyrrole nitrogens is 1. The van der Waals surface area contributed by atoms with Crippen LogP contribution in [0.2, 0.25) is 0 Å². The number of imidazole rings is 1. The van der Waals surface area contributed by atoms with Crippen molar-refractivity contribution in [1.82, 2.24) is 9.97 Å². The maximum Gasteiger partial charge on any atom is 0.493 e. The van der Waals surface area contributed by atoms with Crippen molar-refractivity contribution in [3.05, 3.63) is 70.8 Å². The smallest absolute Gasteiger partial charge is 0.482 e. The second-order valence-corrected chi connectivity index (χ2v) is 7.50. The van der Waals surface area contributed by atoms with Crippen molar-refractivity contribution >= 4 is 17.3 Å². The number of nitrogens with zero attached hydrogens (tertiary/aromatic N) is 3. The van der Waals surface area contributed by atoms with Crippen LogP contribution in [0.1, 0.15) is 31.1 Å². The van der Waals surface area contributed by atoms with E-state index in [-0.39, 0.29) is 5.56 Å². The van der Waals surface area contributed by atoms with Crippen molar-refractivity contribution in [3.8, 4) is 11.8 Å². The number of aliphatic hydroxyl groups excluding tert-OH is 1. The van der Waals surface area contributed by atoms with Crippen molar-refractivity contribution in [3.63, 3.8) is 0 Å². The predicted molar refractivity (Wildman–Crippen MR) is 110 cm³/mol. The average Bonchev–Trinajstić information content (AvgIpc) is 3.24. The van der Waals surface area contributed by atoms with Gasteiger partial charge in [-0.25, -0.2) is 9.37 Å². The number of aromatic nitrogens is 2. The minimum absolute atomic E-state index is 0.272. The Bertz CT molecular complexity index is 1070. The minimum Gasteiger partial charge on any atom is -0.482 e. The van der Waals surface area contributed by atoms with Crippen LogP contribution >= 0.6 is 0 Å². The first-order valence-electron chi connectivity index (χ1n) is 9.31. The molecule has 2 unspecified atom stereocenters. The SMILES string of the molecule is CN(c1ccccc1)c1cc(C#[N+]c2ncc[nH]2)cc2c1OC(C)(C)C(O)C2F. The predicted octanol–water partition coefficient (Wildman–Crippen LogP) is 4.73. The molecule has 1 aromatic heterocycles. The van der Waals surface area contributed by atoms with Crippen LogP contribution in [0.4, 0.5) is 21.7 Å². The van der Waals surface area contributed by atoms with Gasteiger partial charge >= 0.3 is 5.95 Å². The number of alkyl halides is 1. The molecule has 148 valence electrons. The van der Waals surface area contributed by atoms with Gasteiger partial charge in [0.05, 0.1) is 17.4 Å². The van der Waals surface area contributed by atoms with Crippen LogP contribution in [0.15, 0.2) is 54.9 Å². The lowest BCUT2D eigenvalue weighted by atomic mass is 9.88. The highest BCUT2D eigenvalue weighted by Gasteiger charge is 2.44. The zero-order valence-electron chi connectivity index (χ0n) is 16.4. The molecule has 0 radical (unpaired) electrons. The largest absolute Gasteiger partial charge is 0.493 e. The number of para-hydroxylation sites is 1. The molecule has 0 fully saturated rings. The maximum absolute atomic E-state index is 15.2. The van der Waals surface area contributed by atoms with E-state index in [0.29, 0.717) is 22.9 Å². The van der Waals surface area contributed by atoms with Crippen LogP contribution in [0.3, 0.4) is 0 Å². The third-order valence-corrected chi connectivity index (χ3v) is 5.03. The van der Waals surface area contributed by atoms with Crippen LogP contribution in [-0.4, -0.2) is 33.8 Å². The second-order valence-electron chi connectivity index (χ2n) is 7.50. The molecule has 2 N–H and O–H groups in total. The molecule has 2 atom stereocenters. The number of benzene rings is 2. The summed E-state index contributed by atoms with van der Waals surface area (Å²) in [6, 6.07) is 16.0. The van der Waals surface area contributed by atoms with E-state index in [0.717, 1.165) is 5.69 Å². The first-order valence-corrected chi connectivity index (χ1v) is 9.31. The number of halogens is 1. The fourth-order valence-electron chi connectivity index (χ4n) is 3.34. The fourth-order valence-corrected chi connectivity index (χ4v) is 3.34. The van der Waals surface area contributed by atoms with E-state index in [1.54, 1.807) is 32.3 Å². The van der Waals surface area contributed by atoms with E-state index in [2.05, 4.69) is 20.9 Å². The highest BCUT2D eigenvalue weighted by atomic mass is 19.1. The number of aliphatic hydroxyl groups is 1. The Morgan fingerprint density at radius 2 is 2.03 bits per heavy atom. The van der Waals surface area contributed by atoms with E-state index in [1.807, 2.05) is 48.3 Å². The standard InChI is InChI=1S/C22H22FN4O2/c1-22(2)20(28)18(23)16-11-14(13-26-21-24-9-10-25-21)12-17(19(16)29-22)27(3)15-7-5-4-6-8-15/h4-12,18,20,28H,1-3H3,(H,24,25)/q+1. The summed E-state index contributed by atoms with van der Waals surface area (Å²) in [4.78, 5) is 13.0. The van der Waals surface area contributed by atoms with E-state index < -0.39 is 17.9 Å². The van der Waals surface area contributed by atoms with E-state index >= 15 is 4.39 Å². The van der Waals surface area contributed by atoms with Gasteiger partial charge in [-0.2, -0.15) is 4.85 Å². The first-order chi connectivity index (χ1) is 13.9. The highest BCUT2D eigenvalue weighted by molar-refractivity contribution is 5.73. The van der Waals surface area contributed by atoms with Gasteiger partial charge in [-0.1, -0.05) is 23.2 Å². The number of ether oxygens (including phenoxy) is 1. The topological polar surface area (TPSA) is 65.7 Å². The van der Waals surface area contributed by atoms with Gasteiger partial charge in [0.1, 0.15) is 23.7 Å². The molecular formula is C22H22FN4O2+. The first kappa shape index (κ1) is 19.0. The third-order valence-electron chi connectivity index (χ3n) is 5.03. The molecule has 2 aromatic carbocycles. The molecule has 3 aromatic rings. The molecule has 29 heavy (non-hydrogen) atoms. The van der Waals surface area contributed by atoms with Crippen LogP contribution in [0.25, 0.3) is 4.85 Å². The molecule has 4 rings (SSSR count). The monoisotopic (exact) mass is 393 g/mol. The number of hydrogen-bond donors (Lipinski definition) is 2. The lowest BCUT2D eigenvalue weighted by molar-refractivity contribution is -0.0860. The highest BCUT2D eigenvalue weighted by Crippen LogP contribution is 2.48. The van der Waals surface area contributed by atoms with Gasteiger partial charge < -0.3 is 14.7 Å². The van der Waals surface area contributed by atoms with Gasteiger partial charge in [0.25, 0.3) is 0 Å². The van der Waals surface area contributed by atoms with Crippen molar-refractivity contribution in [2.75, 3.05) is 11.9 Å². The summed E-state index contributed by atoms with van der Waals surface area (Å²) in [5.41, 5.74) is 1.34. The van der Waals surface area contributed by atoms with Crippen LogP contribution in [0.5, 0.6) is 5.75 Å². The molecule has 7 heteroatoms. The van der Waals surface area contributed by atoms with Crippen molar-refractivity contribution in [2.24, 2.45) is 0 Å². The Hall–Kier alpha value is -3.37. The average molecular weight is 393 g/mol. The minimum atomic E-state index is -1.60. The lowest BCUT2D eigenvalue weighted by Crippen LogP contribution is -2.48. The van der Waals surface area contributed by atoms with Gasteiger partial charge in [-0.3, -0.25) is 0 Å². The number of anilines is 2. The van der Waals surface area contributed by atoms with E-state index in [4.69, 9.17) is 4.74 Å². The molecule has 0 amide bonds. The number of hydrogen-bond acceptors (Lipinski definition) is 4. The fraction of sp³-hybridized carbons (Fsp3) is 0.273. The van der Waals surface area contributed by atoms with E-state index in [1.165, 1.54) is 0 Å². The van der Waals surface area contributed by atoms with Gasteiger partial charge in [0.2, 0.25) is 0 Å². The number of aromatic amines is 1. The molecule has 1 aliphatic heterocycles. The zero-order chi connectivity index (χ0) is 20.6. The Morgan fingerprint density at radius 1 is 1.28 bits per heavy atom. The maximum atomic E-state index is 15.2. The summed E-state index contributed by atoms with van der Waals surface area (Å²) in [5, 5.41) is 10.4. The summed E-state index contributed by atoms with van der Waals surface area (Å²) >= 11 is 0. The molecule has 2 heterocycles. The second kappa shape index (κ2) is 7.22. The third kappa shape index (κ3) is 3.55. The van der Waals surface area contributed by atoms with Crippen LogP contribution < -0.4 is 9.64 Å². The summed E-state index contributed by atoms with van der Waals surface area (Å²) < 4.78 is 21.3. The Balaban J connectivity index is 1.87. The van der Waals surface area contributed by atoms with Crippen molar-refractivity contribution < 1.29 is 14.2 Å². The van der Waals surface area contributed by atoms with E-state index in [9.17, 15) is 5.11 Å². The summed E-state index contributed by atoms with van der Waals surface area (Å²) in [7, 11) is 1.88. The molecule has 0 aliphatic carbocycles. The molecule has 0 saturated carbocycles. The van der Waals surface area contributed by atoms with Crippen LogP contribution in [-0.2, 0) is 0 Å². The van der Waals surface area contributed by atoms with Gasteiger partial charge in [0, 0.05) is 18.3 Å². The summed E-state index contributed by atoms with van der Waals surface area (Å²) in [6.45, 7) is 3.36. The molecule has 0 saturated heterocycles. The Kier molecular flexibility index (Phi) is 4.73. The molecule has 0 spiro atoms. The summed E-state index contributed by atoms with van der Waals surface area (Å²) in [5.74, 6) is 0.803. The molecule has 0 bridgehead atoms. The quantitative estimate of drug-likeness (QED) is 0.660. The van der Waals surface area contributed by atoms with Crippen molar-refractivity contribution in [2.45, 2.75) is 31.7 Å². The lowest BCUT2D eigenvalue weighted by Gasteiger charge is -2.40. The number of nitrogens with one attached hydrogen (secondary N) is 1.